The van der Waals surface area contributed by atoms with Gasteiger partial charge in [-0.3, -0.25) is 14.4 Å². The summed E-state index contributed by atoms with van der Waals surface area (Å²) < 4.78 is 4.99. The van der Waals surface area contributed by atoms with Crippen LogP contribution in [0.1, 0.15) is 73.1 Å². The normalized spacial score (nSPS) is 47.6. The molecule has 0 heterocycles. The molecule has 0 aromatic rings. The Morgan fingerprint density at radius 2 is 1.87 bits per heavy atom. The highest BCUT2D eigenvalue weighted by Gasteiger charge is 2.69. The zero-order valence-corrected chi connectivity index (χ0v) is 19.0. The van der Waals surface area contributed by atoms with Gasteiger partial charge < -0.3 is 9.84 Å². The van der Waals surface area contributed by atoms with Gasteiger partial charge in [0.25, 0.3) is 0 Å². The van der Waals surface area contributed by atoms with Crippen LogP contribution < -0.4 is 0 Å². The van der Waals surface area contributed by atoms with E-state index in [0.29, 0.717) is 24.2 Å². The van der Waals surface area contributed by atoms with Gasteiger partial charge in [0.2, 0.25) is 5.78 Å². The van der Waals surface area contributed by atoms with Crippen molar-refractivity contribution < 1.29 is 24.2 Å². The summed E-state index contributed by atoms with van der Waals surface area (Å²) in [5, 5.41) is 11.8. The molecule has 166 valence electrons. The molecule has 0 spiro atoms. The number of rotatable bonds is 3. The van der Waals surface area contributed by atoms with Crippen molar-refractivity contribution >= 4 is 17.5 Å². The van der Waals surface area contributed by atoms with Crippen LogP contribution in [0, 0.1) is 40.4 Å². The summed E-state index contributed by atoms with van der Waals surface area (Å²) in [7, 11) is 0. The molecule has 0 amide bonds. The second-order valence-electron chi connectivity index (χ2n) is 11.1. The fourth-order valence-corrected chi connectivity index (χ4v) is 8.20. The molecule has 8 atom stereocenters. The van der Waals surface area contributed by atoms with E-state index in [1.165, 1.54) is 12.5 Å². The third-order valence-corrected chi connectivity index (χ3v) is 9.69. The minimum atomic E-state index is -1.46. The molecule has 0 aliphatic heterocycles. The van der Waals surface area contributed by atoms with Crippen LogP contribution in [0.2, 0.25) is 0 Å². The van der Waals surface area contributed by atoms with E-state index in [0.717, 1.165) is 32.1 Å². The Morgan fingerprint density at radius 1 is 1.17 bits per heavy atom. The molecule has 0 aromatic heterocycles. The molecule has 5 heteroatoms. The number of allylic oxidation sites excluding steroid dienone is 1. The van der Waals surface area contributed by atoms with E-state index in [9.17, 15) is 19.5 Å². The highest BCUT2D eigenvalue weighted by Crippen LogP contribution is 2.69. The molecule has 4 rings (SSSR count). The predicted octanol–water partition coefficient (Wildman–Crippen LogP) is 3.87. The number of fused-ring (bicyclic) bond motifs is 5. The van der Waals surface area contributed by atoms with E-state index in [-0.39, 0.29) is 35.4 Å². The molecule has 30 heavy (non-hydrogen) atoms. The number of Topliss-reactive ketones (excluding diaryl/α,β-unsaturated/α-hetero) is 1. The van der Waals surface area contributed by atoms with Crippen LogP contribution in [-0.2, 0) is 19.1 Å². The Balaban J connectivity index is 1.68. The summed E-state index contributed by atoms with van der Waals surface area (Å²) in [4.78, 5) is 36.5. The van der Waals surface area contributed by atoms with Crippen LogP contribution in [0.25, 0.3) is 0 Å². The molecule has 3 fully saturated rings. The summed E-state index contributed by atoms with van der Waals surface area (Å²) in [6.45, 7) is 9.58. The molecule has 0 bridgehead atoms. The van der Waals surface area contributed by atoms with Gasteiger partial charge in [-0.2, -0.15) is 0 Å². The molecule has 0 radical (unpaired) electrons. The quantitative estimate of drug-likeness (QED) is 0.707. The summed E-state index contributed by atoms with van der Waals surface area (Å²) in [6.07, 6.45) is 7.05. The SMILES string of the molecule is CC(=O)OCC(=O)[C@@]1(O)[C@H](C)C[C@@H]2[C@@H]3C[C@H](C)C4=CC(=O)CC[C@]4(C)[C@H]3CC[C@@]21C. The lowest BCUT2D eigenvalue weighted by Crippen LogP contribution is -2.60. The number of esters is 1. The average molecular weight is 417 g/mol. The first-order valence-corrected chi connectivity index (χ1v) is 11.6. The minimum absolute atomic E-state index is 0.0449. The topological polar surface area (TPSA) is 80.7 Å². The van der Waals surface area contributed by atoms with Gasteiger partial charge in [0.15, 0.2) is 12.4 Å². The molecule has 3 saturated carbocycles. The molecule has 1 N–H and O–H groups in total. The molecule has 0 unspecified atom stereocenters. The second-order valence-corrected chi connectivity index (χ2v) is 11.1. The van der Waals surface area contributed by atoms with Crippen LogP contribution in [0.3, 0.4) is 0 Å². The number of ether oxygens (including phenoxy) is 1. The highest BCUT2D eigenvalue weighted by atomic mass is 16.5. The molecule has 5 nitrogen and oxygen atoms in total. The summed E-state index contributed by atoms with van der Waals surface area (Å²) >= 11 is 0. The van der Waals surface area contributed by atoms with E-state index < -0.39 is 17.0 Å². The average Bonchev–Trinajstić information content (AvgIpc) is 2.89. The Labute approximate surface area is 179 Å². The monoisotopic (exact) mass is 416 g/mol. The van der Waals surface area contributed by atoms with E-state index in [1.54, 1.807) is 0 Å². The maximum atomic E-state index is 13.1. The molecule has 4 aliphatic carbocycles. The second kappa shape index (κ2) is 7.01. The zero-order chi connectivity index (χ0) is 22.1. The maximum absolute atomic E-state index is 13.1. The molecule has 4 aliphatic rings. The van der Waals surface area contributed by atoms with Gasteiger partial charge in [0, 0.05) is 18.8 Å². The van der Waals surface area contributed by atoms with Gasteiger partial charge in [0.05, 0.1) is 0 Å². The maximum Gasteiger partial charge on any atom is 0.303 e. The number of hydrogen-bond donors (Lipinski definition) is 1. The van der Waals surface area contributed by atoms with Gasteiger partial charge in [-0.25, -0.2) is 0 Å². The number of aliphatic hydroxyl groups is 1. The van der Waals surface area contributed by atoms with Crippen molar-refractivity contribution in [2.45, 2.75) is 78.7 Å². The molecule has 0 saturated heterocycles. The number of ketones is 2. The number of hydrogen-bond acceptors (Lipinski definition) is 5. The van der Waals surface area contributed by atoms with Crippen molar-refractivity contribution in [3.8, 4) is 0 Å². The first-order valence-electron chi connectivity index (χ1n) is 11.6. The Bertz CT molecular complexity index is 814. The summed E-state index contributed by atoms with van der Waals surface area (Å²) in [5.74, 6) is 0.780. The van der Waals surface area contributed by atoms with Crippen molar-refractivity contribution in [1.82, 2.24) is 0 Å². The molecular weight excluding hydrogens is 380 g/mol. The van der Waals surface area contributed by atoms with Crippen molar-refractivity contribution in [3.63, 3.8) is 0 Å². The Kier molecular flexibility index (Phi) is 5.08. The zero-order valence-electron chi connectivity index (χ0n) is 19.0. The third-order valence-electron chi connectivity index (χ3n) is 9.69. The Morgan fingerprint density at radius 3 is 2.53 bits per heavy atom. The lowest BCUT2D eigenvalue weighted by atomic mass is 9.44. The van der Waals surface area contributed by atoms with Crippen LogP contribution in [0.4, 0.5) is 0 Å². The lowest BCUT2D eigenvalue weighted by molar-refractivity contribution is -0.175. The lowest BCUT2D eigenvalue weighted by Gasteiger charge is -2.60. The van der Waals surface area contributed by atoms with Crippen LogP contribution in [-0.4, -0.2) is 34.9 Å². The van der Waals surface area contributed by atoms with E-state index >= 15 is 0 Å². The van der Waals surface area contributed by atoms with E-state index in [2.05, 4.69) is 20.8 Å². The van der Waals surface area contributed by atoms with E-state index in [4.69, 9.17) is 4.74 Å². The third kappa shape index (κ3) is 2.80. The van der Waals surface area contributed by atoms with Gasteiger partial charge in [-0.15, -0.1) is 0 Å². The molecule has 0 aromatic carbocycles. The van der Waals surface area contributed by atoms with Crippen LogP contribution in [0.5, 0.6) is 0 Å². The fourth-order valence-electron chi connectivity index (χ4n) is 8.20. The highest BCUT2D eigenvalue weighted by molar-refractivity contribution is 5.92. The smallest absolute Gasteiger partial charge is 0.303 e. The van der Waals surface area contributed by atoms with Crippen molar-refractivity contribution in [2.24, 2.45) is 40.4 Å². The van der Waals surface area contributed by atoms with Crippen molar-refractivity contribution in [2.75, 3.05) is 6.61 Å². The van der Waals surface area contributed by atoms with Crippen LogP contribution >= 0.6 is 0 Å². The Hall–Kier alpha value is -1.49. The summed E-state index contributed by atoms with van der Waals surface area (Å²) in [6, 6.07) is 0. The minimum Gasteiger partial charge on any atom is -0.458 e. The van der Waals surface area contributed by atoms with Crippen molar-refractivity contribution in [3.05, 3.63) is 11.6 Å². The summed E-state index contributed by atoms with van der Waals surface area (Å²) in [5.41, 5.74) is -0.590. The number of carbonyl (C=O) groups excluding carboxylic acids is 3. The van der Waals surface area contributed by atoms with Crippen molar-refractivity contribution in [1.29, 1.82) is 0 Å². The predicted molar refractivity (Wildman–Crippen MR) is 112 cm³/mol. The standard InChI is InChI=1S/C25H36O5/c1-14-10-18-19(23(4)8-6-17(27)12-20(14)23)7-9-24(5)21(18)11-15(2)25(24,29)22(28)13-30-16(3)26/h12,14-15,18-19,21,29H,6-11,13H2,1-5H3/t14-,15+,18+,19-,21+,23+,24-,25-/m0/s1. The van der Waals surface area contributed by atoms with Crippen LogP contribution in [0.15, 0.2) is 11.6 Å². The van der Waals surface area contributed by atoms with Gasteiger partial charge in [0.1, 0.15) is 5.60 Å². The first-order chi connectivity index (χ1) is 13.9. The fraction of sp³-hybridized carbons (Fsp3) is 0.800. The van der Waals surface area contributed by atoms with Gasteiger partial charge in [-0.05, 0) is 73.2 Å². The van der Waals surface area contributed by atoms with Gasteiger partial charge >= 0.3 is 5.97 Å². The van der Waals surface area contributed by atoms with E-state index in [1.807, 2.05) is 13.0 Å². The van der Waals surface area contributed by atoms with Gasteiger partial charge in [-0.1, -0.05) is 33.3 Å². The number of carbonyl (C=O) groups is 3. The first kappa shape index (κ1) is 21.7. The largest absolute Gasteiger partial charge is 0.458 e. The molecular formula is C25H36O5.